The lowest BCUT2D eigenvalue weighted by atomic mass is 9.93. The fourth-order valence-corrected chi connectivity index (χ4v) is 6.52. The van der Waals surface area contributed by atoms with Gasteiger partial charge in [0.05, 0.1) is 35.1 Å². The number of hydrogen-bond acceptors (Lipinski definition) is 7. The van der Waals surface area contributed by atoms with Gasteiger partial charge >= 0.3 is 5.97 Å². The van der Waals surface area contributed by atoms with E-state index < -0.39 is 12.0 Å². The molecule has 0 saturated carbocycles. The van der Waals surface area contributed by atoms with Crippen LogP contribution in [-0.4, -0.2) is 23.8 Å². The summed E-state index contributed by atoms with van der Waals surface area (Å²) in [5.74, 6) is 0.827. The first-order valence-electron chi connectivity index (χ1n) is 14.9. The summed E-state index contributed by atoms with van der Waals surface area (Å²) in [6.07, 6.45) is 1.82. The quantitative estimate of drug-likeness (QED) is 0.160. The van der Waals surface area contributed by atoms with Gasteiger partial charge < -0.3 is 14.2 Å². The van der Waals surface area contributed by atoms with Crippen molar-refractivity contribution in [3.8, 4) is 11.5 Å². The number of fused-ring (bicyclic) bond motifs is 1. The molecule has 2 heterocycles. The molecule has 7 nitrogen and oxygen atoms in total. The van der Waals surface area contributed by atoms with Gasteiger partial charge in [-0.25, -0.2) is 9.79 Å². The molecule has 232 valence electrons. The number of hydrogen-bond donors (Lipinski definition) is 0. The molecule has 0 bridgehead atoms. The number of carbonyl (C=O) groups excluding carboxylic acids is 1. The molecular formula is C37H31ClN2O5S. The highest BCUT2D eigenvalue weighted by Gasteiger charge is 2.35. The van der Waals surface area contributed by atoms with Crippen LogP contribution < -0.4 is 24.4 Å². The van der Waals surface area contributed by atoms with Crippen LogP contribution in [0.15, 0.2) is 118 Å². The van der Waals surface area contributed by atoms with E-state index in [1.54, 1.807) is 11.5 Å². The maximum Gasteiger partial charge on any atom is 0.338 e. The lowest BCUT2D eigenvalue weighted by molar-refractivity contribution is -0.138. The van der Waals surface area contributed by atoms with Crippen molar-refractivity contribution in [2.45, 2.75) is 26.5 Å². The molecule has 1 atom stereocenters. The Kier molecular flexibility index (Phi) is 9.47. The normalized spacial score (nSPS) is 14.4. The molecule has 0 spiro atoms. The highest BCUT2D eigenvalue weighted by molar-refractivity contribution is 7.07. The third-order valence-corrected chi connectivity index (χ3v) is 8.55. The molecule has 0 unspecified atom stereocenters. The molecule has 0 saturated heterocycles. The Balaban J connectivity index is 1.47. The number of ether oxygens (including phenoxy) is 3. The monoisotopic (exact) mass is 650 g/mol. The number of thiazole rings is 1. The Morgan fingerprint density at radius 1 is 0.891 bits per heavy atom. The summed E-state index contributed by atoms with van der Waals surface area (Å²) >= 11 is 7.39. The Morgan fingerprint density at radius 2 is 1.67 bits per heavy atom. The first-order chi connectivity index (χ1) is 22.4. The lowest BCUT2D eigenvalue weighted by Crippen LogP contribution is -2.40. The van der Waals surface area contributed by atoms with E-state index in [1.165, 1.54) is 11.3 Å². The Hall–Kier alpha value is -4.92. The van der Waals surface area contributed by atoms with Crippen molar-refractivity contribution in [3.63, 3.8) is 0 Å². The van der Waals surface area contributed by atoms with Crippen molar-refractivity contribution < 1.29 is 19.0 Å². The Morgan fingerprint density at radius 3 is 2.41 bits per heavy atom. The summed E-state index contributed by atoms with van der Waals surface area (Å²) in [4.78, 5) is 33.3. The van der Waals surface area contributed by atoms with Crippen LogP contribution in [0.1, 0.15) is 42.1 Å². The van der Waals surface area contributed by atoms with E-state index in [2.05, 4.69) is 0 Å². The summed E-state index contributed by atoms with van der Waals surface area (Å²) in [7, 11) is 0. The van der Waals surface area contributed by atoms with E-state index in [4.69, 9.17) is 30.8 Å². The maximum absolute atomic E-state index is 14.2. The van der Waals surface area contributed by atoms with E-state index in [-0.39, 0.29) is 12.2 Å². The minimum absolute atomic E-state index is 0.181. The standard InChI is InChI=1S/C37H31ClN2O5S/c1-3-43-29-18-16-27(17-19-29)34-32(36(42)44-4-2)33(26-12-6-5-7-13-26)39-37-40(34)35(41)31(46-37)22-24-10-9-15-30(21-24)45-23-25-11-8-14-28(38)20-25/h5-22,34H,3-4,23H2,1-2H3/b31-22-/t34-/m1/s1. The summed E-state index contributed by atoms with van der Waals surface area (Å²) in [5.41, 5.74) is 3.74. The fraction of sp³-hybridized carbons (Fsp3) is 0.162. The molecule has 5 aromatic rings. The first-order valence-corrected chi connectivity index (χ1v) is 16.1. The molecule has 0 N–H and O–H groups in total. The van der Waals surface area contributed by atoms with Crippen molar-refractivity contribution in [3.05, 3.63) is 156 Å². The van der Waals surface area contributed by atoms with Gasteiger partial charge in [0.25, 0.3) is 5.56 Å². The number of halogens is 1. The molecule has 0 radical (unpaired) electrons. The second kappa shape index (κ2) is 14.0. The van der Waals surface area contributed by atoms with Gasteiger partial charge in [-0.05, 0) is 73.0 Å². The first kappa shape index (κ1) is 31.1. The molecule has 1 aliphatic heterocycles. The van der Waals surface area contributed by atoms with Crippen LogP contribution >= 0.6 is 22.9 Å². The van der Waals surface area contributed by atoms with Crippen LogP contribution in [0, 0.1) is 0 Å². The van der Waals surface area contributed by atoms with Gasteiger partial charge in [0.2, 0.25) is 0 Å². The van der Waals surface area contributed by atoms with Crippen molar-refractivity contribution in [1.82, 2.24) is 4.57 Å². The highest BCUT2D eigenvalue weighted by atomic mass is 35.5. The minimum atomic E-state index is -0.768. The largest absolute Gasteiger partial charge is 0.494 e. The number of rotatable bonds is 10. The van der Waals surface area contributed by atoms with Crippen LogP contribution in [0.2, 0.25) is 5.02 Å². The van der Waals surface area contributed by atoms with Gasteiger partial charge in [-0.3, -0.25) is 9.36 Å². The highest BCUT2D eigenvalue weighted by Crippen LogP contribution is 2.35. The van der Waals surface area contributed by atoms with Gasteiger partial charge in [0.1, 0.15) is 18.1 Å². The van der Waals surface area contributed by atoms with E-state index >= 15 is 0 Å². The third-order valence-electron chi connectivity index (χ3n) is 7.33. The maximum atomic E-state index is 14.2. The fourth-order valence-electron chi connectivity index (χ4n) is 5.31. The average molecular weight is 651 g/mol. The zero-order chi connectivity index (χ0) is 32.0. The van der Waals surface area contributed by atoms with Gasteiger partial charge in [0, 0.05) is 10.6 Å². The zero-order valence-corrected chi connectivity index (χ0v) is 26.9. The molecule has 1 aromatic heterocycles. The lowest BCUT2D eigenvalue weighted by Gasteiger charge is -2.26. The SMILES string of the molecule is CCOC(=O)C1=C(c2ccccc2)N=c2s/c(=C\c3cccc(OCc4cccc(Cl)c4)c3)c(=O)n2[C@@H]1c1ccc(OCC)cc1. The number of nitrogens with zero attached hydrogens (tertiary/aromatic N) is 2. The third kappa shape index (κ3) is 6.68. The molecule has 6 rings (SSSR count). The molecule has 1 aliphatic rings. The Labute approximate surface area is 275 Å². The van der Waals surface area contributed by atoms with E-state index in [9.17, 15) is 9.59 Å². The molecule has 46 heavy (non-hydrogen) atoms. The minimum Gasteiger partial charge on any atom is -0.494 e. The second-order valence-electron chi connectivity index (χ2n) is 10.4. The van der Waals surface area contributed by atoms with Crippen LogP contribution in [0.25, 0.3) is 11.8 Å². The predicted octanol–water partition coefficient (Wildman–Crippen LogP) is 6.57. The molecular weight excluding hydrogens is 620 g/mol. The second-order valence-corrected chi connectivity index (χ2v) is 11.9. The van der Waals surface area contributed by atoms with Crippen molar-refractivity contribution in [1.29, 1.82) is 0 Å². The van der Waals surface area contributed by atoms with E-state index in [0.29, 0.717) is 50.3 Å². The average Bonchev–Trinajstić information content (AvgIpc) is 3.38. The Bertz CT molecular complexity index is 2080. The molecule has 9 heteroatoms. The van der Waals surface area contributed by atoms with Gasteiger partial charge in [-0.2, -0.15) is 0 Å². The summed E-state index contributed by atoms with van der Waals surface area (Å²) < 4.78 is 19.3. The predicted molar refractivity (Wildman–Crippen MR) is 181 cm³/mol. The molecule has 0 fully saturated rings. The topological polar surface area (TPSA) is 79.1 Å². The number of benzene rings is 4. The summed E-state index contributed by atoms with van der Waals surface area (Å²) in [6.45, 7) is 4.73. The van der Waals surface area contributed by atoms with Gasteiger partial charge in [-0.1, -0.05) is 89.7 Å². The molecule has 0 amide bonds. The number of esters is 1. The number of carbonyl (C=O) groups is 1. The van der Waals surface area contributed by atoms with Crippen LogP contribution in [0.5, 0.6) is 11.5 Å². The van der Waals surface area contributed by atoms with Crippen molar-refractivity contribution >= 4 is 40.7 Å². The van der Waals surface area contributed by atoms with Gasteiger partial charge in [-0.15, -0.1) is 0 Å². The smallest absolute Gasteiger partial charge is 0.338 e. The van der Waals surface area contributed by atoms with Crippen LogP contribution in [0.4, 0.5) is 0 Å². The molecule has 0 aliphatic carbocycles. The van der Waals surface area contributed by atoms with Crippen molar-refractivity contribution in [2.75, 3.05) is 13.2 Å². The van der Waals surface area contributed by atoms with Gasteiger partial charge in [0.15, 0.2) is 4.80 Å². The summed E-state index contributed by atoms with van der Waals surface area (Å²) in [6, 6.07) is 31.2. The summed E-state index contributed by atoms with van der Waals surface area (Å²) in [5, 5.41) is 0.648. The molecule has 4 aromatic carbocycles. The van der Waals surface area contributed by atoms with E-state index in [0.717, 1.165) is 22.3 Å². The van der Waals surface area contributed by atoms with Crippen molar-refractivity contribution in [2.24, 2.45) is 4.99 Å². The van der Waals surface area contributed by atoms with Crippen LogP contribution in [-0.2, 0) is 16.1 Å². The van der Waals surface area contributed by atoms with Crippen LogP contribution in [0.3, 0.4) is 0 Å². The number of aromatic nitrogens is 1. The zero-order valence-electron chi connectivity index (χ0n) is 25.3. The van der Waals surface area contributed by atoms with E-state index in [1.807, 2.05) is 116 Å².